The molecule has 1 aromatic rings. The molecule has 0 aromatic heterocycles. The number of carbonyl (C=O) groups is 1. The van der Waals surface area contributed by atoms with Gasteiger partial charge in [0, 0.05) is 18.5 Å². The van der Waals surface area contributed by atoms with Crippen molar-refractivity contribution < 1.29 is 9.18 Å². The SMILES string of the molecule is NCCCCCC(=O)NCc1ccccc1F. The van der Waals surface area contributed by atoms with E-state index >= 15 is 0 Å². The summed E-state index contributed by atoms with van der Waals surface area (Å²) in [7, 11) is 0. The molecule has 0 heterocycles. The molecule has 1 rings (SSSR count). The molecule has 17 heavy (non-hydrogen) atoms. The van der Waals surface area contributed by atoms with E-state index in [-0.39, 0.29) is 18.3 Å². The van der Waals surface area contributed by atoms with Gasteiger partial charge < -0.3 is 11.1 Å². The molecular weight excluding hydrogens is 219 g/mol. The van der Waals surface area contributed by atoms with E-state index in [0.717, 1.165) is 19.3 Å². The largest absolute Gasteiger partial charge is 0.352 e. The minimum Gasteiger partial charge on any atom is -0.352 e. The third-order valence-corrected chi connectivity index (χ3v) is 2.54. The van der Waals surface area contributed by atoms with Gasteiger partial charge in [-0.2, -0.15) is 0 Å². The minimum atomic E-state index is -0.282. The number of hydrogen-bond acceptors (Lipinski definition) is 2. The number of hydrogen-bond donors (Lipinski definition) is 2. The summed E-state index contributed by atoms with van der Waals surface area (Å²) in [6.45, 7) is 0.916. The number of nitrogens with two attached hydrogens (primary N) is 1. The Labute approximate surface area is 101 Å². The Bertz CT molecular complexity index is 355. The number of halogens is 1. The number of benzene rings is 1. The van der Waals surface area contributed by atoms with Crippen molar-refractivity contribution in [3.05, 3.63) is 35.6 Å². The van der Waals surface area contributed by atoms with Gasteiger partial charge in [-0.3, -0.25) is 4.79 Å². The molecule has 0 fully saturated rings. The van der Waals surface area contributed by atoms with Crippen molar-refractivity contribution >= 4 is 5.91 Å². The molecule has 0 saturated carbocycles. The molecule has 1 aromatic carbocycles. The number of carbonyl (C=O) groups excluding carboxylic acids is 1. The van der Waals surface area contributed by atoms with E-state index in [4.69, 9.17) is 5.73 Å². The summed E-state index contributed by atoms with van der Waals surface area (Å²) in [5, 5.41) is 2.71. The Morgan fingerprint density at radius 1 is 1.24 bits per heavy atom. The van der Waals surface area contributed by atoms with Crippen LogP contribution in [0.1, 0.15) is 31.2 Å². The Morgan fingerprint density at radius 2 is 2.00 bits per heavy atom. The van der Waals surface area contributed by atoms with Crippen molar-refractivity contribution in [2.45, 2.75) is 32.2 Å². The van der Waals surface area contributed by atoms with Crippen LogP contribution < -0.4 is 11.1 Å². The van der Waals surface area contributed by atoms with E-state index in [1.54, 1.807) is 18.2 Å². The summed E-state index contributed by atoms with van der Waals surface area (Å²) >= 11 is 0. The lowest BCUT2D eigenvalue weighted by Gasteiger charge is -2.06. The Hall–Kier alpha value is -1.42. The molecular formula is C13H19FN2O. The molecule has 3 N–H and O–H groups in total. The van der Waals surface area contributed by atoms with Crippen molar-refractivity contribution in [3.63, 3.8) is 0 Å². The van der Waals surface area contributed by atoms with Crippen LogP contribution in [0.2, 0.25) is 0 Å². The lowest BCUT2D eigenvalue weighted by Crippen LogP contribution is -2.22. The zero-order valence-corrected chi connectivity index (χ0v) is 9.92. The van der Waals surface area contributed by atoms with Crippen LogP contribution in [0.15, 0.2) is 24.3 Å². The first kappa shape index (κ1) is 13.6. The monoisotopic (exact) mass is 238 g/mol. The maximum Gasteiger partial charge on any atom is 0.220 e. The third kappa shape index (κ3) is 5.45. The van der Waals surface area contributed by atoms with Gasteiger partial charge >= 0.3 is 0 Å². The first-order valence-corrected chi connectivity index (χ1v) is 5.94. The van der Waals surface area contributed by atoms with E-state index in [2.05, 4.69) is 5.32 Å². The van der Waals surface area contributed by atoms with E-state index in [0.29, 0.717) is 18.5 Å². The fraction of sp³-hybridized carbons (Fsp3) is 0.462. The van der Waals surface area contributed by atoms with Crippen molar-refractivity contribution in [2.75, 3.05) is 6.54 Å². The molecule has 0 unspecified atom stereocenters. The molecule has 3 nitrogen and oxygen atoms in total. The van der Waals surface area contributed by atoms with E-state index in [9.17, 15) is 9.18 Å². The van der Waals surface area contributed by atoms with Gasteiger partial charge in [0.25, 0.3) is 0 Å². The summed E-state index contributed by atoms with van der Waals surface area (Å²) in [5.41, 5.74) is 5.87. The summed E-state index contributed by atoms with van der Waals surface area (Å²) in [6.07, 6.45) is 3.22. The number of unbranched alkanes of at least 4 members (excludes halogenated alkanes) is 2. The highest BCUT2D eigenvalue weighted by Crippen LogP contribution is 2.06. The van der Waals surface area contributed by atoms with Crippen LogP contribution in [0.4, 0.5) is 4.39 Å². The lowest BCUT2D eigenvalue weighted by atomic mass is 10.1. The molecule has 0 atom stereocenters. The summed E-state index contributed by atoms with van der Waals surface area (Å²) in [5.74, 6) is -0.318. The van der Waals surface area contributed by atoms with Gasteiger partial charge in [-0.15, -0.1) is 0 Å². The number of nitrogens with one attached hydrogen (secondary N) is 1. The molecule has 4 heteroatoms. The second-order valence-corrected chi connectivity index (χ2v) is 3.97. The van der Waals surface area contributed by atoms with Crippen LogP contribution in [0.3, 0.4) is 0 Å². The predicted molar refractivity (Wildman–Crippen MR) is 65.8 cm³/mol. The molecule has 94 valence electrons. The van der Waals surface area contributed by atoms with Gasteiger partial charge in [0.2, 0.25) is 5.91 Å². The first-order chi connectivity index (χ1) is 8.24. The minimum absolute atomic E-state index is 0.0368. The normalized spacial score (nSPS) is 10.2. The molecule has 0 aliphatic carbocycles. The zero-order chi connectivity index (χ0) is 12.5. The number of rotatable bonds is 7. The van der Waals surface area contributed by atoms with Crippen molar-refractivity contribution in [2.24, 2.45) is 5.73 Å². The smallest absolute Gasteiger partial charge is 0.220 e. The lowest BCUT2D eigenvalue weighted by molar-refractivity contribution is -0.121. The topological polar surface area (TPSA) is 55.1 Å². The quantitative estimate of drug-likeness (QED) is 0.713. The van der Waals surface area contributed by atoms with Crippen LogP contribution in [0.25, 0.3) is 0 Å². The standard InChI is InChI=1S/C13H19FN2O/c14-12-7-4-3-6-11(12)10-16-13(17)8-2-1-5-9-15/h3-4,6-7H,1-2,5,8-10,15H2,(H,16,17). The molecule has 0 bridgehead atoms. The van der Waals surface area contributed by atoms with Gasteiger partial charge in [0.05, 0.1) is 0 Å². The van der Waals surface area contributed by atoms with Crippen LogP contribution in [-0.2, 0) is 11.3 Å². The van der Waals surface area contributed by atoms with Crippen molar-refractivity contribution in [1.82, 2.24) is 5.32 Å². The molecule has 0 aliphatic heterocycles. The number of amides is 1. The van der Waals surface area contributed by atoms with E-state index in [1.165, 1.54) is 6.07 Å². The second-order valence-electron chi connectivity index (χ2n) is 3.97. The maximum absolute atomic E-state index is 13.2. The highest BCUT2D eigenvalue weighted by atomic mass is 19.1. The van der Waals surface area contributed by atoms with Gasteiger partial charge in [-0.1, -0.05) is 24.6 Å². The second kappa shape index (κ2) is 7.79. The summed E-state index contributed by atoms with van der Waals surface area (Å²) in [6, 6.07) is 6.45. The third-order valence-electron chi connectivity index (χ3n) is 2.54. The zero-order valence-electron chi connectivity index (χ0n) is 9.92. The average molecular weight is 238 g/mol. The van der Waals surface area contributed by atoms with Gasteiger partial charge in [0.15, 0.2) is 0 Å². The van der Waals surface area contributed by atoms with Crippen LogP contribution in [0.5, 0.6) is 0 Å². The van der Waals surface area contributed by atoms with Gasteiger partial charge in [0.1, 0.15) is 5.82 Å². The van der Waals surface area contributed by atoms with Gasteiger partial charge in [-0.25, -0.2) is 4.39 Å². The van der Waals surface area contributed by atoms with E-state index in [1.807, 2.05) is 0 Å². The van der Waals surface area contributed by atoms with Crippen LogP contribution in [-0.4, -0.2) is 12.5 Å². The predicted octanol–water partition coefficient (Wildman–Crippen LogP) is 1.96. The summed E-state index contributed by atoms with van der Waals surface area (Å²) < 4.78 is 13.2. The van der Waals surface area contributed by atoms with Crippen LogP contribution in [0, 0.1) is 5.82 Å². The Morgan fingerprint density at radius 3 is 2.71 bits per heavy atom. The highest BCUT2D eigenvalue weighted by Gasteiger charge is 2.03. The molecule has 0 saturated heterocycles. The van der Waals surface area contributed by atoms with Crippen molar-refractivity contribution in [3.8, 4) is 0 Å². The highest BCUT2D eigenvalue weighted by molar-refractivity contribution is 5.75. The van der Waals surface area contributed by atoms with Crippen LogP contribution >= 0.6 is 0 Å². The van der Waals surface area contributed by atoms with Crippen molar-refractivity contribution in [1.29, 1.82) is 0 Å². The molecule has 1 amide bonds. The first-order valence-electron chi connectivity index (χ1n) is 5.94. The maximum atomic E-state index is 13.2. The summed E-state index contributed by atoms with van der Waals surface area (Å²) in [4.78, 5) is 11.4. The van der Waals surface area contributed by atoms with Gasteiger partial charge in [-0.05, 0) is 25.5 Å². The molecule has 0 spiro atoms. The fourth-order valence-corrected chi connectivity index (χ4v) is 1.53. The molecule has 0 radical (unpaired) electrons. The molecule has 0 aliphatic rings. The fourth-order valence-electron chi connectivity index (χ4n) is 1.53. The Kier molecular flexibility index (Phi) is 6.25. The Balaban J connectivity index is 2.22. The average Bonchev–Trinajstić information content (AvgIpc) is 2.34. The van der Waals surface area contributed by atoms with E-state index < -0.39 is 0 Å².